The van der Waals surface area contributed by atoms with E-state index in [0.717, 1.165) is 52.9 Å². The molecule has 5 heteroatoms. The molecule has 0 radical (unpaired) electrons. The molecule has 2 rings (SSSR count). The molecular weight excluding hydrogens is 384 g/mol. The number of nitrogens with zero attached hydrogens (tertiary/aromatic N) is 1. The number of carbonyl (C=O) groups excluding carboxylic acids is 1. The van der Waals surface area contributed by atoms with Crippen molar-refractivity contribution in [3.8, 4) is 0 Å². The summed E-state index contributed by atoms with van der Waals surface area (Å²) in [6, 6.07) is 5.72. The fourth-order valence-corrected chi connectivity index (χ4v) is 3.93. The Bertz CT molecular complexity index is 451. The maximum Gasteiger partial charge on any atom is 0.253 e. The Balaban J connectivity index is 1.94. The van der Waals surface area contributed by atoms with Crippen LogP contribution in [0.4, 0.5) is 0 Å². The molecule has 1 aliphatic rings. The summed E-state index contributed by atoms with van der Waals surface area (Å²) in [6.45, 7) is 2.81. The van der Waals surface area contributed by atoms with Gasteiger partial charge < -0.3 is 10.2 Å². The molecule has 1 aromatic rings. The van der Waals surface area contributed by atoms with Gasteiger partial charge in [-0.2, -0.15) is 0 Å². The molecule has 0 bridgehead atoms. The predicted octanol–water partition coefficient (Wildman–Crippen LogP) is 3.67. The summed E-state index contributed by atoms with van der Waals surface area (Å²) in [5, 5.41) is 3.20. The van der Waals surface area contributed by atoms with E-state index in [9.17, 15) is 4.79 Å². The average molecular weight is 404 g/mol. The van der Waals surface area contributed by atoms with Crippen molar-refractivity contribution in [2.45, 2.75) is 19.3 Å². The number of halogens is 2. The largest absolute Gasteiger partial charge is 0.339 e. The van der Waals surface area contributed by atoms with Gasteiger partial charge in [0.2, 0.25) is 0 Å². The van der Waals surface area contributed by atoms with Gasteiger partial charge in [-0.25, -0.2) is 0 Å². The first-order valence-corrected chi connectivity index (χ1v) is 8.58. The first-order chi connectivity index (χ1) is 9.60. The minimum absolute atomic E-state index is 0.138. The number of hydrogen-bond donors (Lipinski definition) is 1. The van der Waals surface area contributed by atoms with Crippen LogP contribution in [-0.2, 0) is 0 Å². The molecule has 1 aromatic carbocycles. The Kier molecular flexibility index (Phi) is 6.05. The summed E-state index contributed by atoms with van der Waals surface area (Å²) in [7, 11) is 1.99. The predicted molar refractivity (Wildman–Crippen MR) is 89.0 cm³/mol. The van der Waals surface area contributed by atoms with Gasteiger partial charge in [0, 0.05) is 27.6 Å². The highest BCUT2D eigenvalue weighted by Gasteiger charge is 2.23. The molecule has 0 aromatic heterocycles. The third-order valence-corrected chi connectivity index (χ3v) is 4.73. The Labute approximate surface area is 137 Å². The lowest BCUT2D eigenvalue weighted by Crippen LogP contribution is -2.39. The quantitative estimate of drug-likeness (QED) is 0.831. The van der Waals surface area contributed by atoms with Crippen molar-refractivity contribution in [1.29, 1.82) is 0 Å². The zero-order valence-corrected chi connectivity index (χ0v) is 14.8. The molecule has 0 aliphatic carbocycles. The third-order valence-electron chi connectivity index (χ3n) is 3.81. The van der Waals surface area contributed by atoms with E-state index in [4.69, 9.17) is 0 Å². The fourth-order valence-electron chi connectivity index (χ4n) is 2.63. The smallest absolute Gasteiger partial charge is 0.253 e. The van der Waals surface area contributed by atoms with Crippen LogP contribution < -0.4 is 5.32 Å². The zero-order chi connectivity index (χ0) is 14.5. The summed E-state index contributed by atoms with van der Waals surface area (Å²) in [4.78, 5) is 14.5. The standard InChI is InChI=1S/C15H20Br2N2O/c1-18-5-2-11-3-6-19(7-4-11)15(20)12-8-13(16)10-14(17)9-12/h8-11,18H,2-7H2,1H3. The van der Waals surface area contributed by atoms with Crippen LogP contribution in [0.25, 0.3) is 0 Å². The lowest BCUT2D eigenvalue weighted by Gasteiger charge is -2.32. The summed E-state index contributed by atoms with van der Waals surface area (Å²) in [6.07, 6.45) is 3.44. The van der Waals surface area contributed by atoms with E-state index in [-0.39, 0.29) is 5.91 Å². The molecule has 0 saturated carbocycles. The van der Waals surface area contributed by atoms with Gasteiger partial charge in [0.25, 0.3) is 5.91 Å². The van der Waals surface area contributed by atoms with Gasteiger partial charge in [-0.05, 0) is 57.0 Å². The Hall–Kier alpha value is -0.390. The average Bonchev–Trinajstić information content (AvgIpc) is 2.44. The van der Waals surface area contributed by atoms with Crippen molar-refractivity contribution >= 4 is 37.8 Å². The zero-order valence-electron chi connectivity index (χ0n) is 11.7. The van der Waals surface area contributed by atoms with E-state index in [1.807, 2.05) is 30.1 Å². The van der Waals surface area contributed by atoms with Crippen molar-refractivity contribution in [1.82, 2.24) is 10.2 Å². The number of likely N-dealkylation sites (tertiary alicyclic amines) is 1. The lowest BCUT2D eigenvalue weighted by atomic mass is 9.93. The SMILES string of the molecule is CNCCC1CCN(C(=O)c2cc(Br)cc(Br)c2)CC1. The van der Waals surface area contributed by atoms with E-state index in [1.54, 1.807) is 0 Å². The highest BCUT2D eigenvalue weighted by atomic mass is 79.9. The number of benzene rings is 1. The molecule has 0 spiro atoms. The number of nitrogens with one attached hydrogen (secondary N) is 1. The fraction of sp³-hybridized carbons (Fsp3) is 0.533. The molecule has 1 amide bonds. The Morgan fingerprint density at radius 1 is 1.25 bits per heavy atom. The normalized spacial score (nSPS) is 16.4. The number of piperidine rings is 1. The molecule has 1 saturated heterocycles. The Morgan fingerprint density at radius 3 is 2.40 bits per heavy atom. The molecule has 1 N–H and O–H groups in total. The second-order valence-electron chi connectivity index (χ2n) is 5.29. The van der Waals surface area contributed by atoms with Crippen LogP contribution in [0, 0.1) is 5.92 Å². The molecule has 1 heterocycles. The number of amides is 1. The van der Waals surface area contributed by atoms with E-state index in [0.29, 0.717) is 0 Å². The van der Waals surface area contributed by atoms with Gasteiger partial charge >= 0.3 is 0 Å². The second-order valence-corrected chi connectivity index (χ2v) is 7.12. The number of carbonyl (C=O) groups is 1. The van der Waals surface area contributed by atoms with Crippen LogP contribution >= 0.6 is 31.9 Å². The molecular formula is C15H20Br2N2O. The first-order valence-electron chi connectivity index (χ1n) is 7.00. The van der Waals surface area contributed by atoms with E-state index in [2.05, 4.69) is 37.2 Å². The minimum Gasteiger partial charge on any atom is -0.339 e. The van der Waals surface area contributed by atoms with Gasteiger partial charge in [0.15, 0.2) is 0 Å². The van der Waals surface area contributed by atoms with Crippen LogP contribution in [0.5, 0.6) is 0 Å². The van der Waals surface area contributed by atoms with Crippen LogP contribution in [0.15, 0.2) is 27.1 Å². The molecule has 1 fully saturated rings. The summed E-state index contributed by atoms with van der Waals surface area (Å²) in [5.41, 5.74) is 0.750. The van der Waals surface area contributed by atoms with Crippen molar-refractivity contribution in [2.24, 2.45) is 5.92 Å². The summed E-state index contributed by atoms with van der Waals surface area (Å²) in [5.74, 6) is 0.889. The van der Waals surface area contributed by atoms with Crippen molar-refractivity contribution in [3.05, 3.63) is 32.7 Å². The van der Waals surface area contributed by atoms with Gasteiger partial charge in [-0.15, -0.1) is 0 Å². The molecule has 0 unspecified atom stereocenters. The number of rotatable bonds is 4. The van der Waals surface area contributed by atoms with Gasteiger partial charge in [0.1, 0.15) is 0 Å². The maximum atomic E-state index is 12.5. The minimum atomic E-state index is 0.138. The number of hydrogen-bond acceptors (Lipinski definition) is 2. The highest BCUT2D eigenvalue weighted by molar-refractivity contribution is 9.11. The summed E-state index contributed by atoms with van der Waals surface area (Å²) < 4.78 is 1.86. The van der Waals surface area contributed by atoms with Crippen LogP contribution in [-0.4, -0.2) is 37.5 Å². The molecule has 1 aliphatic heterocycles. The van der Waals surface area contributed by atoms with Gasteiger partial charge in [-0.1, -0.05) is 31.9 Å². The lowest BCUT2D eigenvalue weighted by molar-refractivity contribution is 0.0687. The van der Waals surface area contributed by atoms with Crippen LogP contribution in [0.1, 0.15) is 29.6 Å². The van der Waals surface area contributed by atoms with Crippen molar-refractivity contribution < 1.29 is 4.79 Å². The second kappa shape index (κ2) is 7.57. The van der Waals surface area contributed by atoms with Crippen molar-refractivity contribution in [3.63, 3.8) is 0 Å². The van der Waals surface area contributed by atoms with Crippen LogP contribution in [0.2, 0.25) is 0 Å². The van der Waals surface area contributed by atoms with E-state index < -0.39 is 0 Å². The third kappa shape index (κ3) is 4.30. The summed E-state index contributed by atoms with van der Waals surface area (Å²) >= 11 is 6.87. The first kappa shape index (κ1) is 16.0. The van der Waals surface area contributed by atoms with Gasteiger partial charge in [0.05, 0.1) is 0 Å². The monoisotopic (exact) mass is 402 g/mol. The van der Waals surface area contributed by atoms with Crippen LogP contribution in [0.3, 0.4) is 0 Å². The van der Waals surface area contributed by atoms with E-state index in [1.165, 1.54) is 6.42 Å². The molecule has 20 heavy (non-hydrogen) atoms. The van der Waals surface area contributed by atoms with E-state index >= 15 is 0 Å². The Morgan fingerprint density at radius 2 is 1.85 bits per heavy atom. The molecule has 3 nitrogen and oxygen atoms in total. The molecule has 0 atom stereocenters. The topological polar surface area (TPSA) is 32.3 Å². The van der Waals surface area contributed by atoms with Crippen molar-refractivity contribution in [2.75, 3.05) is 26.7 Å². The highest BCUT2D eigenvalue weighted by Crippen LogP contribution is 2.24. The maximum absolute atomic E-state index is 12.5. The van der Waals surface area contributed by atoms with Gasteiger partial charge in [-0.3, -0.25) is 4.79 Å². The molecule has 110 valence electrons.